The molecule has 0 aliphatic heterocycles. The molecular formula is C17H17N3O6. The molecule has 26 heavy (non-hydrogen) atoms. The summed E-state index contributed by atoms with van der Waals surface area (Å²) in [6, 6.07) is 10.5. The minimum Gasteiger partial charge on any atom is -0.497 e. The van der Waals surface area contributed by atoms with E-state index in [-0.39, 0.29) is 23.5 Å². The maximum atomic E-state index is 12.1. The summed E-state index contributed by atoms with van der Waals surface area (Å²) in [6.07, 6.45) is 0. The molecule has 2 aromatic rings. The van der Waals surface area contributed by atoms with Crippen LogP contribution in [0.2, 0.25) is 0 Å². The summed E-state index contributed by atoms with van der Waals surface area (Å²) in [7, 11) is 2.83. The predicted octanol–water partition coefficient (Wildman–Crippen LogP) is 1.98. The van der Waals surface area contributed by atoms with Crippen molar-refractivity contribution in [1.29, 1.82) is 0 Å². The largest absolute Gasteiger partial charge is 0.497 e. The molecule has 2 aromatic carbocycles. The zero-order valence-corrected chi connectivity index (χ0v) is 14.1. The second-order valence-corrected chi connectivity index (χ2v) is 5.10. The summed E-state index contributed by atoms with van der Waals surface area (Å²) in [5, 5.41) is 16.0. The highest BCUT2D eigenvalue weighted by molar-refractivity contribution is 5.99. The number of nitrogens with zero attached hydrogens (tertiary/aromatic N) is 1. The molecule has 0 atom stereocenters. The van der Waals surface area contributed by atoms with Gasteiger partial charge in [0.2, 0.25) is 5.91 Å². The number of rotatable bonds is 7. The first kappa shape index (κ1) is 18.7. The van der Waals surface area contributed by atoms with Gasteiger partial charge in [0.25, 0.3) is 5.91 Å². The average Bonchev–Trinajstić information content (AvgIpc) is 2.66. The molecule has 0 aliphatic rings. The molecule has 2 rings (SSSR count). The van der Waals surface area contributed by atoms with Gasteiger partial charge in [0.05, 0.1) is 25.7 Å². The van der Waals surface area contributed by atoms with Crippen molar-refractivity contribution >= 4 is 23.2 Å². The fraction of sp³-hybridized carbons (Fsp3) is 0.176. The molecule has 0 saturated heterocycles. The molecule has 0 spiro atoms. The second kappa shape index (κ2) is 8.47. The molecule has 0 saturated carbocycles. The Balaban J connectivity index is 1.96. The van der Waals surface area contributed by atoms with Gasteiger partial charge in [-0.3, -0.25) is 19.7 Å². The van der Waals surface area contributed by atoms with Crippen LogP contribution in [0.4, 0.5) is 11.4 Å². The molecule has 0 radical (unpaired) electrons. The van der Waals surface area contributed by atoms with Crippen LogP contribution in [0.5, 0.6) is 11.5 Å². The fourth-order valence-corrected chi connectivity index (χ4v) is 2.12. The van der Waals surface area contributed by atoms with Crippen LogP contribution in [-0.2, 0) is 4.79 Å². The van der Waals surface area contributed by atoms with Crippen molar-refractivity contribution in [2.45, 2.75) is 0 Å². The molecule has 9 heteroatoms. The van der Waals surface area contributed by atoms with E-state index in [1.807, 2.05) is 0 Å². The first-order chi connectivity index (χ1) is 12.4. The number of hydrogen-bond donors (Lipinski definition) is 2. The summed E-state index contributed by atoms with van der Waals surface area (Å²) < 4.78 is 9.89. The van der Waals surface area contributed by atoms with Gasteiger partial charge < -0.3 is 20.1 Å². The van der Waals surface area contributed by atoms with Crippen molar-refractivity contribution in [3.63, 3.8) is 0 Å². The normalized spacial score (nSPS) is 9.92. The summed E-state index contributed by atoms with van der Waals surface area (Å²) >= 11 is 0. The van der Waals surface area contributed by atoms with Crippen molar-refractivity contribution in [3.05, 3.63) is 58.1 Å². The number of hydrogen-bond acceptors (Lipinski definition) is 6. The number of carbonyl (C=O) groups is 2. The quantitative estimate of drug-likeness (QED) is 0.576. The molecule has 0 bridgehead atoms. The molecule has 0 heterocycles. The Bertz CT molecular complexity index is 820. The Morgan fingerprint density at radius 3 is 2.35 bits per heavy atom. The van der Waals surface area contributed by atoms with E-state index in [1.165, 1.54) is 26.4 Å². The Morgan fingerprint density at radius 1 is 1.08 bits per heavy atom. The third-order valence-corrected chi connectivity index (χ3v) is 3.42. The van der Waals surface area contributed by atoms with Crippen LogP contribution >= 0.6 is 0 Å². The van der Waals surface area contributed by atoms with Crippen LogP contribution in [0, 0.1) is 10.1 Å². The van der Waals surface area contributed by atoms with E-state index in [1.54, 1.807) is 24.3 Å². The van der Waals surface area contributed by atoms with Gasteiger partial charge in [-0.25, -0.2) is 0 Å². The monoisotopic (exact) mass is 359 g/mol. The number of amides is 2. The van der Waals surface area contributed by atoms with Gasteiger partial charge in [0.15, 0.2) is 5.75 Å². The average molecular weight is 359 g/mol. The maximum absolute atomic E-state index is 12.1. The van der Waals surface area contributed by atoms with E-state index in [9.17, 15) is 19.7 Å². The molecule has 0 fully saturated rings. The standard InChI is InChI=1S/C17H17N3O6/c1-25-13-6-4-12(5-7-13)19-16(21)10-18-17(22)11-3-8-15(26-2)14(9-11)20(23)24/h3-9H,10H2,1-2H3,(H,18,22)(H,19,21). The van der Waals surface area contributed by atoms with E-state index < -0.39 is 16.7 Å². The highest BCUT2D eigenvalue weighted by Gasteiger charge is 2.18. The summed E-state index contributed by atoms with van der Waals surface area (Å²) in [5.41, 5.74) is 0.266. The summed E-state index contributed by atoms with van der Waals surface area (Å²) in [5.74, 6) is -0.353. The van der Waals surface area contributed by atoms with Crippen LogP contribution < -0.4 is 20.1 Å². The number of anilines is 1. The summed E-state index contributed by atoms with van der Waals surface area (Å²) in [6.45, 7) is -0.287. The molecule has 9 nitrogen and oxygen atoms in total. The van der Waals surface area contributed by atoms with Crippen LogP contribution in [0.3, 0.4) is 0 Å². The van der Waals surface area contributed by atoms with Crippen LogP contribution in [0.1, 0.15) is 10.4 Å². The molecule has 2 N–H and O–H groups in total. The maximum Gasteiger partial charge on any atom is 0.311 e. The Hall–Kier alpha value is -3.62. The number of benzene rings is 2. The minimum absolute atomic E-state index is 0.0452. The van der Waals surface area contributed by atoms with Gasteiger partial charge in [0.1, 0.15) is 5.75 Å². The van der Waals surface area contributed by atoms with E-state index >= 15 is 0 Å². The Kier molecular flexibility index (Phi) is 6.10. The van der Waals surface area contributed by atoms with Gasteiger partial charge in [-0.05, 0) is 36.4 Å². The summed E-state index contributed by atoms with van der Waals surface area (Å²) in [4.78, 5) is 34.3. The van der Waals surface area contributed by atoms with Gasteiger partial charge in [-0.1, -0.05) is 0 Å². The lowest BCUT2D eigenvalue weighted by Gasteiger charge is -2.08. The first-order valence-corrected chi connectivity index (χ1v) is 7.49. The topological polar surface area (TPSA) is 120 Å². The fourth-order valence-electron chi connectivity index (χ4n) is 2.12. The smallest absolute Gasteiger partial charge is 0.311 e. The number of ether oxygens (including phenoxy) is 2. The highest BCUT2D eigenvalue weighted by Crippen LogP contribution is 2.27. The van der Waals surface area contributed by atoms with Gasteiger partial charge in [0, 0.05) is 17.3 Å². The number of nitro groups is 1. The predicted molar refractivity (Wildman–Crippen MR) is 93.6 cm³/mol. The molecule has 0 unspecified atom stereocenters. The van der Waals surface area contributed by atoms with E-state index in [4.69, 9.17) is 9.47 Å². The van der Waals surface area contributed by atoms with Crippen molar-refractivity contribution in [3.8, 4) is 11.5 Å². The molecule has 2 amide bonds. The number of methoxy groups -OCH3 is 2. The zero-order chi connectivity index (χ0) is 19.1. The van der Waals surface area contributed by atoms with Gasteiger partial charge in [-0.2, -0.15) is 0 Å². The van der Waals surface area contributed by atoms with Gasteiger partial charge >= 0.3 is 5.69 Å². The second-order valence-electron chi connectivity index (χ2n) is 5.10. The van der Waals surface area contributed by atoms with Crippen molar-refractivity contribution in [1.82, 2.24) is 5.32 Å². The van der Waals surface area contributed by atoms with Crippen LogP contribution in [-0.4, -0.2) is 37.5 Å². The highest BCUT2D eigenvalue weighted by atomic mass is 16.6. The van der Waals surface area contributed by atoms with E-state index in [0.717, 1.165) is 6.07 Å². The van der Waals surface area contributed by atoms with E-state index in [0.29, 0.717) is 11.4 Å². The SMILES string of the molecule is COc1ccc(NC(=O)CNC(=O)c2ccc(OC)c([N+](=O)[O-])c2)cc1. The first-order valence-electron chi connectivity index (χ1n) is 7.49. The van der Waals surface area contributed by atoms with E-state index in [2.05, 4.69) is 10.6 Å². The van der Waals surface area contributed by atoms with Gasteiger partial charge in [-0.15, -0.1) is 0 Å². The lowest BCUT2D eigenvalue weighted by atomic mass is 10.1. The van der Waals surface area contributed by atoms with Crippen molar-refractivity contribution in [2.24, 2.45) is 0 Å². The lowest BCUT2D eigenvalue weighted by Crippen LogP contribution is -2.32. The number of nitro benzene ring substituents is 1. The third-order valence-electron chi connectivity index (χ3n) is 3.42. The molecule has 0 aromatic heterocycles. The lowest BCUT2D eigenvalue weighted by molar-refractivity contribution is -0.385. The van der Waals surface area contributed by atoms with Crippen LogP contribution in [0.15, 0.2) is 42.5 Å². The third kappa shape index (κ3) is 4.69. The zero-order valence-electron chi connectivity index (χ0n) is 14.1. The number of carbonyl (C=O) groups excluding carboxylic acids is 2. The Morgan fingerprint density at radius 2 is 1.77 bits per heavy atom. The molecular weight excluding hydrogens is 342 g/mol. The Labute approximate surface area is 149 Å². The minimum atomic E-state index is -0.647. The van der Waals surface area contributed by atoms with Crippen molar-refractivity contribution in [2.75, 3.05) is 26.1 Å². The molecule has 136 valence electrons. The number of nitrogens with one attached hydrogen (secondary N) is 2. The van der Waals surface area contributed by atoms with Crippen LogP contribution in [0.25, 0.3) is 0 Å². The molecule has 0 aliphatic carbocycles. The van der Waals surface area contributed by atoms with Crippen molar-refractivity contribution < 1.29 is 24.0 Å².